The molecule has 0 amide bonds. The second-order valence-electron chi connectivity index (χ2n) is 4.76. The van der Waals surface area contributed by atoms with Crippen LogP contribution >= 0.6 is 11.8 Å². The van der Waals surface area contributed by atoms with Crippen LogP contribution in [0.1, 0.15) is 36.5 Å². The zero-order chi connectivity index (χ0) is 14.2. The first-order chi connectivity index (χ1) is 9.79. The van der Waals surface area contributed by atoms with E-state index in [9.17, 15) is 0 Å². The van der Waals surface area contributed by atoms with Crippen molar-refractivity contribution in [2.24, 2.45) is 5.73 Å². The maximum Gasteiger partial charge on any atom is 0.226 e. The number of aryl methyl sites for hydroxylation is 2. The Kier molecular flexibility index (Phi) is 6.08. The lowest BCUT2D eigenvalue weighted by Crippen LogP contribution is -1.98. The second kappa shape index (κ2) is 8.07. The fraction of sp³-hybridized carbons (Fsp3) is 0.467. The van der Waals surface area contributed by atoms with E-state index in [4.69, 9.17) is 10.3 Å². The molecule has 0 aliphatic carbocycles. The molecular formula is C15H21N3OS. The number of unbranched alkanes of at least 4 members (excludes halogenated alkanes) is 2. The molecule has 0 atom stereocenters. The number of benzene rings is 1. The Morgan fingerprint density at radius 3 is 2.85 bits per heavy atom. The van der Waals surface area contributed by atoms with Crippen molar-refractivity contribution in [3.63, 3.8) is 0 Å². The fourth-order valence-electron chi connectivity index (χ4n) is 1.91. The smallest absolute Gasteiger partial charge is 0.226 e. The first kappa shape index (κ1) is 15.1. The van der Waals surface area contributed by atoms with Gasteiger partial charge in [-0.3, -0.25) is 0 Å². The van der Waals surface area contributed by atoms with Crippen molar-refractivity contribution in [3.05, 3.63) is 41.5 Å². The van der Waals surface area contributed by atoms with Crippen LogP contribution in [0.15, 0.2) is 33.7 Å². The van der Waals surface area contributed by atoms with Crippen molar-refractivity contribution in [2.75, 3.05) is 6.54 Å². The minimum Gasteiger partial charge on any atom is -0.339 e. The van der Waals surface area contributed by atoms with E-state index in [0.29, 0.717) is 0 Å². The van der Waals surface area contributed by atoms with Crippen LogP contribution in [0.2, 0.25) is 0 Å². The van der Waals surface area contributed by atoms with Gasteiger partial charge in [0, 0.05) is 11.3 Å². The summed E-state index contributed by atoms with van der Waals surface area (Å²) in [4.78, 5) is 5.69. The summed E-state index contributed by atoms with van der Waals surface area (Å²) in [5, 5.41) is 4.03. The van der Waals surface area contributed by atoms with Crippen molar-refractivity contribution in [1.82, 2.24) is 10.1 Å². The van der Waals surface area contributed by atoms with Gasteiger partial charge < -0.3 is 10.3 Å². The lowest BCUT2D eigenvalue weighted by Gasteiger charge is -2.01. The van der Waals surface area contributed by atoms with Gasteiger partial charge in [-0.05, 0) is 37.9 Å². The third-order valence-electron chi connectivity index (χ3n) is 3.06. The van der Waals surface area contributed by atoms with Gasteiger partial charge in [-0.15, -0.1) is 11.8 Å². The van der Waals surface area contributed by atoms with Crippen molar-refractivity contribution in [2.45, 2.75) is 43.3 Å². The normalized spacial score (nSPS) is 10.9. The maximum absolute atomic E-state index is 5.46. The van der Waals surface area contributed by atoms with Crippen LogP contribution in [0.3, 0.4) is 0 Å². The molecule has 0 saturated carbocycles. The van der Waals surface area contributed by atoms with Crippen molar-refractivity contribution in [3.8, 4) is 0 Å². The van der Waals surface area contributed by atoms with Gasteiger partial charge in [0.1, 0.15) is 0 Å². The average molecular weight is 291 g/mol. The Morgan fingerprint density at radius 1 is 1.20 bits per heavy atom. The lowest BCUT2D eigenvalue weighted by molar-refractivity contribution is 0.370. The highest BCUT2D eigenvalue weighted by Crippen LogP contribution is 2.24. The van der Waals surface area contributed by atoms with Gasteiger partial charge in [0.25, 0.3) is 0 Å². The summed E-state index contributed by atoms with van der Waals surface area (Å²) in [6, 6.07) is 8.33. The SMILES string of the molecule is Cc1ccccc1SCc1noc(CCCCCN)n1. The molecule has 2 aromatic rings. The standard InChI is InChI=1S/C15H21N3OS/c1-12-7-4-5-8-13(12)20-11-14-17-15(19-18-14)9-3-2-6-10-16/h4-5,7-8H,2-3,6,9-11,16H2,1H3. The summed E-state index contributed by atoms with van der Waals surface area (Å²) in [5.74, 6) is 2.26. The van der Waals surface area contributed by atoms with Gasteiger partial charge in [-0.25, -0.2) is 0 Å². The molecule has 0 bridgehead atoms. The molecule has 0 aliphatic heterocycles. The van der Waals surface area contributed by atoms with E-state index in [-0.39, 0.29) is 0 Å². The Hall–Kier alpha value is -1.33. The molecule has 4 nitrogen and oxygen atoms in total. The summed E-state index contributed by atoms with van der Waals surface area (Å²) >= 11 is 1.74. The number of thioether (sulfide) groups is 1. The third kappa shape index (κ3) is 4.65. The van der Waals surface area contributed by atoms with Crippen LogP contribution in [0.4, 0.5) is 0 Å². The van der Waals surface area contributed by atoms with E-state index in [1.54, 1.807) is 11.8 Å². The zero-order valence-corrected chi connectivity index (χ0v) is 12.7. The van der Waals surface area contributed by atoms with Crippen LogP contribution in [0, 0.1) is 6.92 Å². The summed E-state index contributed by atoms with van der Waals surface area (Å²) in [5.41, 5.74) is 6.75. The number of hydrogen-bond donors (Lipinski definition) is 1. The molecule has 0 aliphatic rings. The molecule has 1 aromatic heterocycles. The highest BCUT2D eigenvalue weighted by atomic mass is 32.2. The molecule has 0 unspecified atom stereocenters. The predicted octanol–water partition coefficient (Wildman–Crippen LogP) is 3.34. The van der Waals surface area contributed by atoms with E-state index < -0.39 is 0 Å². The predicted molar refractivity (Wildman–Crippen MR) is 81.6 cm³/mol. The van der Waals surface area contributed by atoms with Crippen LogP contribution in [-0.2, 0) is 12.2 Å². The van der Waals surface area contributed by atoms with Gasteiger partial charge in [-0.2, -0.15) is 4.98 Å². The zero-order valence-electron chi connectivity index (χ0n) is 11.8. The Labute approximate surface area is 124 Å². The van der Waals surface area contributed by atoms with E-state index in [0.717, 1.165) is 49.7 Å². The molecule has 0 fully saturated rings. The van der Waals surface area contributed by atoms with Gasteiger partial charge in [0.15, 0.2) is 5.82 Å². The van der Waals surface area contributed by atoms with Crippen LogP contribution in [0.25, 0.3) is 0 Å². The monoisotopic (exact) mass is 291 g/mol. The number of hydrogen-bond acceptors (Lipinski definition) is 5. The first-order valence-corrected chi connectivity index (χ1v) is 7.98. The van der Waals surface area contributed by atoms with Crippen molar-refractivity contribution in [1.29, 1.82) is 0 Å². The quantitative estimate of drug-likeness (QED) is 0.597. The lowest BCUT2D eigenvalue weighted by atomic mass is 10.2. The van der Waals surface area contributed by atoms with E-state index >= 15 is 0 Å². The molecule has 1 heterocycles. The molecule has 20 heavy (non-hydrogen) atoms. The highest BCUT2D eigenvalue weighted by Gasteiger charge is 2.07. The number of nitrogens with zero attached hydrogens (tertiary/aromatic N) is 2. The van der Waals surface area contributed by atoms with Crippen molar-refractivity contribution < 1.29 is 4.52 Å². The molecular weight excluding hydrogens is 270 g/mol. The minimum atomic E-state index is 0.738. The molecule has 108 valence electrons. The summed E-state index contributed by atoms with van der Waals surface area (Å²) in [7, 11) is 0. The minimum absolute atomic E-state index is 0.738. The maximum atomic E-state index is 5.46. The summed E-state index contributed by atoms with van der Waals surface area (Å²) in [6.07, 6.45) is 4.09. The van der Waals surface area contributed by atoms with Gasteiger partial charge in [-0.1, -0.05) is 29.8 Å². The molecule has 2 rings (SSSR count). The topological polar surface area (TPSA) is 64.9 Å². The summed E-state index contributed by atoms with van der Waals surface area (Å²) in [6.45, 7) is 2.86. The Morgan fingerprint density at radius 2 is 2.05 bits per heavy atom. The fourth-order valence-corrected chi connectivity index (χ4v) is 2.78. The third-order valence-corrected chi connectivity index (χ3v) is 4.23. The van der Waals surface area contributed by atoms with Crippen LogP contribution in [0.5, 0.6) is 0 Å². The van der Waals surface area contributed by atoms with Crippen LogP contribution in [-0.4, -0.2) is 16.7 Å². The highest BCUT2D eigenvalue weighted by molar-refractivity contribution is 7.98. The molecule has 0 radical (unpaired) electrons. The largest absolute Gasteiger partial charge is 0.339 e. The number of rotatable bonds is 8. The summed E-state index contributed by atoms with van der Waals surface area (Å²) < 4.78 is 5.26. The van der Waals surface area contributed by atoms with Crippen LogP contribution < -0.4 is 5.73 Å². The second-order valence-corrected chi connectivity index (χ2v) is 5.78. The Bertz CT molecular complexity index is 527. The Balaban J connectivity index is 1.79. The van der Waals surface area contributed by atoms with Gasteiger partial charge >= 0.3 is 0 Å². The van der Waals surface area contributed by atoms with E-state index in [2.05, 4.69) is 35.3 Å². The molecule has 0 saturated heterocycles. The molecule has 2 N–H and O–H groups in total. The molecule has 0 spiro atoms. The van der Waals surface area contributed by atoms with Crippen molar-refractivity contribution >= 4 is 11.8 Å². The van der Waals surface area contributed by atoms with Gasteiger partial charge in [0.05, 0.1) is 5.75 Å². The number of nitrogens with two attached hydrogens (primary N) is 1. The van der Waals surface area contributed by atoms with Gasteiger partial charge in [0.2, 0.25) is 5.89 Å². The molecule has 1 aromatic carbocycles. The van der Waals surface area contributed by atoms with E-state index in [1.807, 2.05) is 6.07 Å². The average Bonchev–Trinajstić information content (AvgIpc) is 2.91. The first-order valence-electron chi connectivity index (χ1n) is 6.99. The van der Waals surface area contributed by atoms with E-state index in [1.165, 1.54) is 10.5 Å². The number of aromatic nitrogens is 2. The molecule has 5 heteroatoms.